The first-order valence-corrected chi connectivity index (χ1v) is 8.16. The van der Waals surface area contributed by atoms with Crippen molar-refractivity contribution in [3.05, 3.63) is 71.8 Å². The standard InChI is InChI=1S/C20H21NO3/c1-24-20(23)18(12-14-8-4-2-5-9-14)21-19(22)17-13-16(17)15-10-6-3-7-11-15/h2-11,16-18H,12-13H2,1H3,(H,21,22). The van der Waals surface area contributed by atoms with Crippen molar-refractivity contribution < 1.29 is 14.3 Å². The fourth-order valence-electron chi connectivity index (χ4n) is 3.02. The highest BCUT2D eigenvalue weighted by molar-refractivity contribution is 5.88. The van der Waals surface area contributed by atoms with Gasteiger partial charge in [0.2, 0.25) is 5.91 Å². The first-order valence-electron chi connectivity index (χ1n) is 8.16. The van der Waals surface area contributed by atoms with Gasteiger partial charge in [0.25, 0.3) is 0 Å². The maximum absolute atomic E-state index is 12.5. The number of esters is 1. The van der Waals surface area contributed by atoms with Gasteiger partial charge >= 0.3 is 5.97 Å². The Bertz CT molecular complexity index is 699. The summed E-state index contributed by atoms with van der Waals surface area (Å²) >= 11 is 0. The zero-order chi connectivity index (χ0) is 16.9. The summed E-state index contributed by atoms with van der Waals surface area (Å²) in [6.45, 7) is 0. The van der Waals surface area contributed by atoms with E-state index in [1.807, 2.05) is 60.7 Å². The Morgan fingerprint density at radius 1 is 1.08 bits per heavy atom. The third kappa shape index (κ3) is 3.82. The smallest absolute Gasteiger partial charge is 0.328 e. The molecule has 0 aliphatic heterocycles. The normalized spacial score (nSPS) is 20.0. The summed E-state index contributed by atoms with van der Waals surface area (Å²) in [5.74, 6) is -0.296. The molecule has 1 aliphatic rings. The monoisotopic (exact) mass is 323 g/mol. The molecule has 1 N–H and O–H groups in total. The minimum absolute atomic E-state index is 0.0599. The number of methoxy groups -OCH3 is 1. The number of carbonyl (C=O) groups excluding carboxylic acids is 2. The van der Waals surface area contributed by atoms with Crippen LogP contribution in [0.4, 0.5) is 0 Å². The van der Waals surface area contributed by atoms with Crippen LogP contribution in [0, 0.1) is 5.92 Å². The van der Waals surface area contributed by atoms with Crippen LogP contribution in [0.25, 0.3) is 0 Å². The van der Waals surface area contributed by atoms with E-state index >= 15 is 0 Å². The summed E-state index contributed by atoms with van der Waals surface area (Å²) < 4.78 is 4.84. The Kier molecular flexibility index (Phi) is 4.94. The average molecular weight is 323 g/mol. The number of ether oxygens (including phenoxy) is 1. The van der Waals surface area contributed by atoms with E-state index < -0.39 is 12.0 Å². The van der Waals surface area contributed by atoms with Crippen LogP contribution in [0.1, 0.15) is 23.5 Å². The van der Waals surface area contributed by atoms with Crippen molar-refractivity contribution in [3.63, 3.8) is 0 Å². The lowest BCUT2D eigenvalue weighted by Gasteiger charge is -2.16. The lowest BCUT2D eigenvalue weighted by Crippen LogP contribution is -2.43. The minimum Gasteiger partial charge on any atom is -0.467 e. The van der Waals surface area contributed by atoms with Crippen LogP contribution in [0.2, 0.25) is 0 Å². The summed E-state index contributed by atoms with van der Waals surface area (Å²) in [4.78, 5) is 24.5. The maximum Gasteiger partial charge on any atom is 0.328 e. The lowest BCUT2D eigenvalue weighted by atomic mass is 10.1. The molecular formula is C20H21NO3. The molecule has 2 aromatic rings. The summed E-state index contributed by atoms with van der Waals surface area (Å²) in [6.07, 6.45) is 1.26. The van der Waals surface area contributed by atoms with Crippen LogP contribution >= 0.6 is 0 Å². The van der Waals surface area contributed by atoms with Crippen LogP contribution in [0.3, 0.4) is 0 Å². The third-order valence-electron chi connectivity index (χ3n) is 4.44. The van der Waals surface area contributed by atoms with Gasteiger partial charge in [-0.15, -0.1) is 0 Å². The zero-order valence-corrected chi connectivity index (χ0v) is 13.6. The molecule has 3 rings (SSSR count). The van der Waals surface area contributed by atoms with Crippen LogP contribution in [0.15, 0.2) is 60.7 Å². The van der Waals surface area contributed by atoms with E-state index in [1.54, 1.807) is 0 Å². The Morgan fingerprint density at radius 3 is 2.33 bits per heavy atom. The molecule has 124 valence electrons. The summed E-state index contributed by atoms with van der Waals surface area (Å²) in [5, 5.41) is 2.86. The SMILES string of the molecule is COC(=O)C(Cc1ccccc1)NC(=O)C1CC1c1ccccc1. The molecule has 0 aromatic heterocycles. The molecule has 0 bridgehead atoms. The van der Waals surface area contributed by atoms with E-state index in [9.17, 15) is 9.59 Å². The molecule has 1 aliphatic carbocycles. The van der Waals surface area contributed by atoms with Crippen molar-refractivity contribution in [1.29, 1.82) is 0 Å². The molecular weight excluding hydrogens is 302 g/mol. The molecule has 0 heterocycles. The van der Waals surface area contributed by atoms with Gasteiger partial charge in [0, 0.05) is 12.3 Å². The molecule has 3 atom stereocenters. The molecule has 1 saturated carbocycles. The highest BCUT2D eigenvalue weighted by atomic mass is 16.5. The first kappa shape index (κ1) is 16.2. The maximum atomic E-state index is 12.5. The number of nitrogens with one attached hydrogen (secondary N) is 1. The number of carbonyl (C=O) groups is 2. The number of hydrogen-bond donors (Lipinski definition) is 1. The fraction of sp³-hybridized carbons (Fsp3) is 0.300. The van der Waals surface area contributed by atoms with Gasteiger partial charge in [-0.2, -0.15) is 0 Å². The zero-order valence-electron chi connectivity index (χ0n) is 13.6. The topological polar surface area (TPSA) is 55.4 Å². The van der Waals surface area contributed by atoms with Crippen molar-refractivity contribution in [2.45, 2.75) is 24.8 Å². The largest absolute Gasteiger partial charge is 0.467 e. The quantitative estimate of drug-likeness (QED) is 0.832. The second kappa shape index (κ2) is 7.30. The van der Waals surface area contributed by atoms with Crippen molar-refractivity contribution in [1.82, 2.24) is 5.32 Å². The van der Waals surface area contributed by atoms with E-state index in [0.29, 0.717) is 6.42 Å². The second-order valence-electron chi connectivity index (χ2n) is 6.13. The van der Waals surface area contributed by atoms with Crippen molar-refractivity contribution in [2.75, 3.05) is 7.11 Å². The Labute approximate surface area is 141 Å². The number of hydrogen-bond acceptors (Lipinski definition) is 3. The van der Waals surface area contributed by atoms with E-state index in [2.05, 4.69) is 5.32 Å². The van der Waals surface area contributed by atoms with Gasteiger partial charge < -0.3 is 10.1 Å². The van der Waals surface area contributed by atoms with Gasteiger partial charge in [0.05, 0.1) is 7.11 Å². The summed E-state index contributed by atoms with van der Waals surface area (Å²) in [6, 6.07) is 19.0. The van der Waals surface area contributed by atoms with E-state index in [0.717, 1.165) is 12.0 Å². The predicted octanol–water partition coefficient (Wildman–Crippen LogP) is 2.69. The Morgan fingerprint density at radius 2 is 1.71 bits per heavy atom. The molecule has 2 aromatic carbocycles. The van der Waals surface area contributed by atoms with Crippen molar-refractivity contribution in [2.24, 2.45) is 5.92 Å². The van der Waals surface area contributed by atoms with Crippen molar-refractivity contribution in [3.8, 4) is 0 Å². The second-order valence-corrected chi connectivity index (χ2v) is 6.13. The van der Waals surface area contributed by atoms with Crippen LogP contribution in [0.5, 0.6) is 0 Å². The first-order chi connectivity index (χ1) is 11.7. The molecule has 4 heteroatoms. The molecule has 1 amide bonds. The highest BCUT2D eigenvalue weighted by Gasteiger charge is 2.44. The predicted molar refractivity (Wildman–Crippen MR) is 91.4 cm³/mol. The van der Waals surface area contributed by atoms with Crippen LogP contribution < -0.4 is 5.32 Å². The molecule has 3 unspecified atom stereocenters. The van der Waals surface area contributed by atoms with Gasteiger partial charge in [-0.05, 0) is 23.5 Å². The molecule has 0 saturated heterocycles. The molecule has 0 radical (unpaired) electrons. The summed E-state index contributed by atoms with van der Waals surface area (Å²) in [7, 11) is 1.34. The summed E-state index contributed by atoms with van der Waals surface area (Å²) in [5.41, 5.74) is 2.17. The van der Waals surface area contributed by atoms with Gasteiger partial charge in [-0.1, -0.05) is 60.7 Å². The van der Waals surface area contributed by atoms with E-state index in [4.69, 9.17) is 4.74 Å². The van der Waals surface area contributed by atoms with Gasteiger partial charge in [0.1, 0.15) is 6.04 Å². The average Bonchev–Trinajstić information content (AvgIpc) is 3.43. The lowest BCUT2D eigenvalue weighted by molar-refractivity contribution is -0.145. The molecule has 1 fully saturated rings. The third-order valence-corrected chi connectivity index (χ3v) is 4.44. The Hall–Kier alpha value is -2.62. The van der Waals surface area contributed by atoms with Crippen LogP contribution in [-0.4, -0.2) is 25.0 Å². The minimum atomic E-state index is -0.651. The molecule has 24 heavy (non-hydrogen) atoms. The van der Waals surface area contributed by atoms with Crippen LogP contribution in [-0.2, 0) is 20.7 Å². The fourth-order valence-corrected chi connectivity index (χ4v) is 3.02. The molecule has 4 nitrogen and oxygen atoms in total. The van der Waals surface area contributed by atoms with Crippen molar-refractivity contribution >= 4 is 11.9 Å². The van der Waals surface area contributed by atoms with E-state index in [1.165, 1.54) is 12.7 Å². The number of amides is 1. The van der Waals surface area contributed by atoms with Gasteiger partial charge in [-0.3, -0.25) is 4.79 Å². The molecule has 0 spiro atoms. The number of benzene rings is 2. The highest BCUT2D eigenvalue weighted by Crippen LogP contribution is 2.47. The van der Waals surface area contributed by atoms with Gasteiger partial charge in [0.15, 0.2) is 0 Å². The Balaban J connectivity index is 1.63. The number of rotatable bonds is 6. The van der Waals surface area contributed by atoms with Gasteiger partial charge in [-0.25, -0.2) is 4.79 Å². The van der Waals surface area contributed by atoms with E-state index in [-0.39, 0.29) is 17.7 Å².